The Balaban J connectivity index is 1.99. The molecule has 16 heavy (non-hydrogen) atoms. The van der Waals surface area contributed by atoms with Gasteiger partial charge in [0.1, 0.15) is 0 Å². The van der Waals surface area contributed by atoms with Crippen LogP contribution in [0.25, 0.3) is 0 Å². The van der Waals surface area contributed by atoms with Gasteiger partial charge in [-0.05, 0) is 25.7 Å². The average molecular weight is 225 g/mol. The van der Waals surface area contributed by atoms with Gasteiger partial charge in [0.25, 0.3) is 0 Å². The summed E-state index contributed by atoms with van der Waals surface area (Å²) in [7, 11) is 0. The zero-order chi connectivity index (χ0) is 11.4. The van der Waals surface area contributed by atoms with Crippen LogP contribution in [0.3, 0.4) is 0 Å². The summed E-state index contributed by atoms with van der Waals surface area (Å²) in [5, 5.41) is 11.8. The lowest BCUT2D eigenvalue weighted by molar-refractivity contribution is 0.158. The summed E-state index contributed by atoms with van der Waals surface area (Å²) in [5.41, 5.74) is 5.67. The number of hydrogen-bond acceptors (Lipinski definition) is 3. The van der Waals surface area contributed by atoms with E-state index in [1.165, 1.54) is 51.4 Å². The van der Waals surface area contributed by atoms with Crippen molar-refractivity contribution in [3.05, 3.63) is 0 Å². The molecule has 2 rings (SSSR count). The maximum Gasteiger partial charge on any atom is 0.153 e. The van der Waals surface area contributed by atoms with E-state index in [2.05, 4.69) is 10.1 Å². The molecule has 0 aliphatic heterocycles. The molecule has 2 saturated carbocycles. The van der Waals surface area contributed by atoms with Gasteiger partial charge in [0.2, 0.25) is 0 Å². The molecule has 0 amide bonds. The molecule has 2 aliphatic rings. The highest BCUT2D eigenvalue weighted by molar-refractivity contribution is 5.81. The van der Waals surface area contributed by atoms with Gasteiger partial charge in [0, 0.05) is 12.1 Å². The first-order chi connectivity index (χ1) is 7.81. The topological polar surface area (TPSA) is 61.8 Å². The van der Waals surface area contributed by atoms with Crippen molar-refractivity contribution >= 4 is 5.84 Å². The van der Waals surface area contributed by atoms with Crippen LogP contribution in [0, 0.1) is 0 Å². The minimum Gasteiger partial charge on any atom is -0.409 e. The SMILES string of the molecule is NC(CN(C1CCCC1)C1CCCC1)=NO. The summed E-state index contributed by atoms with van der Waals surface area (Å²) >= 11 is 0. The molecule has 2 aliphatic carbocycles. The molecule has 2 fully saturated rings. The van der Waals surface area contributed by atoms with E-state index in [1.807, 2.05) is 0 Å². The first-order valence-electron chi connectivity index (χ1n) is 6.53. The molecule has 0 heterocycles. The van der Waals surface area contributed by atoms with Crippen LogP contribution in [0.4, 0.5) is 0 Å². The number of oxime groups is 1. The van der Waals surface area contributed by atoms with Gasteiger partial charge in [-0.25, -0.2) is 0 Å². The van der Waals surface area contributed by atoms with E-state index in [1.54, 1.807) is 0 Å². The third kappa shape index (κ3) is 2.67. The summed E-state index contributed by atoms with van der Waals surface area (Å²) in [4.78, 5) is 2.50. The Hall–Kier alpha value is -0.770. The molecule has 3 N–H and O–H groups in total. The lowest BCUT2D eigenvalue weighted by Gasteiger charge is -2.33. The van der Waals surface area contributed by atoms with Gasteiger partial charge in [-0.1, -0.05) is 30.8 Å². The maximum absolute atomic E-state index is 8.71. The summed E-state index contributed by atoms with van der Waals surface area (Å²) in [5.74, 6) is 0.360. The summed E-state index contributed by atoms with van der Waals surface area (Å²) < 4.78 is 0. The third-order valence-electron chi connectivity index (χ3n) is 4.06. The molecule has 0 bridgehead atoms. The molecule has 92 valence electrons. The Labute approximate surface area is 97.5 Å². The van der Waals surface area contributed by atoms with Gasteiger partial charge in [0.15, 0.2) is 5.84 Å². The van der Waals surface area contributed by atoms with E-state index in [9.17, 15) is 0 Å². The van der Waals surface area contributed by atoms with Crippen molar-refractivity contribution in [1.82, 2.24) is 4.90 Å². The highest BCUT2D eigenvalue weighted by Crippen LogP contribution is 2.31. The Morgan fingerprint density at radius 2 is 1.50 bits per heavy atom. The van der Waals surface area contributed by atoms with Gasteiger partial charge < -0.3 is 10.9 Å². The van der Waals surface area contributed by atoms with Crippen molar-refractivity contribution in [3.8, 4) is 0 Å². The van der Waals surface area contributed by atoms with Gasteiger partial charge in [-0.2, -0.15) is 0 Å². The second-order valence-corrected chi connectivity index (χ2v) is 5.14. The number of hydrogen-bond donors (Lipinski definition) is 2. The highest BCUT2D eigenvalue weighted by atomic mass is 16.4. The predicted octanol–water partition coefficient (Wildman–Crippen LogP) is 1.92. The molecule has 0 aromatic carbocycles. The van der Waals surface area contributed by atoms with E-state index in [0.29, 0.717) is 24.5 Å². The maximum atomic E-state index is 8.71. The fourth-order valence-corrected chi connectivity index (χ4v) is 3.25. The highest BCUT2D eigenvalue weighted by Gasteiger charge is 2.30. The largest absolute Gasteiger partial charge is 0.409 e. The van der Waals surface area contributed by atoms with E-state index in [4.69, 9.17) is 10.9 Å². The van der Waals surface area contributed by atoms with Gasteiger partial charge in [-0.15, -0.1) is 0 Å². The van der Waals surface area contributed by atoms with E-state index >= 15 is 0 Å². The molecule has 0 atom stereocenters. The fraction of sp³-hybridized carbons (Fsp3) is 0.917. The molecule has 0 radical (unpaired) electrons. The lowest BCUT2D eigenvalue weighted by Crippen LogP contribution is -2.45. The molecule has 0 aromatic rings. The summed E-state index contributed by atoms with van der Waals surface area (Å²) in [6, 6.07) is 1.34. The molecule has 0 saturated heterocycles. The van der Waals surface area contributed by atoms with Crippen molar-refractivity contribution in [3.63, 3.8) is 0 Å². The van der Waals surface area contributed by atoms with Crippen molar-refractivity contribution < 1.29 is 5.21 Å². The van der Waals surface area contributed by atoms with Gasteiger partial charge >= 0.3 is 0 Å². The minimum atomic E-state index is 0.360. The van der Waals surface area contributed by atoms with Crippen LogP contribution in [-0.2, 0) is 0 Å². The quantitative estimate of drug-likeness (QED) is 0.332. The van der Waals surface area contributed by atoms with Crippen LogP contribution in [0.1, 0.15) is 51.4 Å². The minimum absolute atomic E-state index is 0.360. The normalized spacial score (nSPS) is 24.7. The summed E-state index contributed by atoms with van der Waals surface area (Å²) in [6.07, 6.45) is 10.5. The molecule has 0 unspecified atom stereocenters. The monoisotopic (exact) mass is 225 g/mol. The van der Waals surface area contributed by atoms with E-state index < -0.39 is 0 Å². The van der Waals surface area contributed by atoms with E-state index in [0.717, 1.165) is 0 Å². The molecule has 0 spiro atoms. The predicted molar refractivity (Wildman–Crippen MR) is 64.6 cm³/mol. The first-order valence-corrected chi connectivity index (χ1v) is 6.53. The van der Waals surface area contributed by atoms with Crippen LogP contribution >= 0.6 is 0 Å². The average Bonchev–Trinajstić information content (AvgIpc) is 2.97. The van der Waals surface area contributed by atoms with Crippen LogP contribution < -0.4 is 5.73 Å². The Kier molecular flexibility index (Phi) is 4.04. The Morgan fingerprint density at radius 3 is 1.88 bits per heavy atom. The Bertz CT molecular complexity index is 227. The van der Waals surface area contributed by atoms with E-state index in [-0.39, 0.29) is 0 Å². The lowest BCUT2D eigenvalue weighted by atomic mass is 10.1. The number of nitrogens with two attached hydrogens (primary N) is 1. The molecular formula is C12H23N3O. The third-order valence-corrected chi connectivity index (χ3v) is 4.06. The summed E-state index contributed by atoms with van der Waals surface area (Å²) in [6.45, 7) is 0.645. The zero-order valence-electron chi connectivity index (χ0n) is 9.94. The molecule has 4 heteroatoms. The molecular weight excluding hydrogens is 202 g/mol. The second kappa shape index (κ2) is 5.53. The van der Waals surface area contributed by atoms with Crippen LogP contribution in [0.15, 0.2) is 5.16 Å². The standard InChI is InChI=1S/C12H23N3O/c13-12(14-16)9-15(10-5-1-2-6-10)11-7-3-4-8-11/h10-11,16H,1-9H2,(H2,13,14). The van der Waals surface area contributed by atoms with Crippen molar-refractivity contribution in [2.75, 3.05) is 6.54 Å². The fourth-order valence-electron chi connectivity index (χ4n) is 3.25. The zero-order valence-corrected chi connectivity index (χ0v) is 9.94. The van der Waals surface area contributed by atoms with Crippen LogP contribution in [-0.4, -0.2) is 34.6 Å². The first kappa shape index (κ1) is 11.7. The van der Waals surface area contributed by atoms with Crippen molar-refractivity contribution in [2.45, 2.75) is 63.5 Å². The van der Waals surface area contributed by atoms with Crippen LogP contribution in [0.2, 0.25) is 0 Å². The van der Waals surface area contributed by atoms with Crippen molar-refractivity contribution in [2.24, 2.45) is 10.9 Å². The molecule has 0 aromatic heterocycles. The number of rotatable bonds is 4. The van der Waals surface area contributed by atoms with Crippen LogP contribution in [0.5, 0.6) is 0 Å². The number of nitrogens with zero attached hydrogens (tertiary/aromatic N) is 2. The van der Waals surface area contributed by atoms with Crippen molar-refractivity contribution in [1.29, 1.82) is 0 Å². The van der Waals surface area contributed by atoms with Gasteiger partial charge in [0.05, 0.1) is 6.54 Å². The molecule has 4 nitrogen and oxygen atoms in total. The second-order valence-electron chi connectivity index (χ2n) is 5.14. The smallest absolute Gasteiger partial charge is 0.153 e. The van der Waals surface area contributed by atoms with Gasteiger partial charge in [-0.3, -0.25) is 4.90 Å². The Morgan fingerprint density at radius 1 is 1.06 bits per heavy atom. The number of amidine groups is 1.